The van der Waals surface area contributed by atoms with Crippen LogP contribution >= 0.6 is 35.0 Å². The summed E-state index contributed by atoms with van der Waals surface area (Å²) in [6.45, 7) is 5.82. The molecule has 8 heteroatoms. The quantitative estimate of drug-likeness (QED) is 0.506. The summed E-state index contributed by atoms with van der Waals surface area (Å²) in [7, 11) is 1.59. The van der Waals surface area contributed by atoms with E-state index in [1.54, 1.807) is 37.1 Å². The SMILES string of the molecule is COc1cccc(CN(C(=O)CSCc2c(Cl)cccc2Cl)[C@H](C)C(=O)NC(C)C)c1. The van der Waals surface area contributed by atoms with E-state index in [9.17, 15) is 9.59 Å². The van der Waals surface area contributed by atoms with E-state index in [1.807, 2.05) is 38.1 Å². The Kier molecular flexibility index (Phi) is 10.0. The van der Waals surface area contributed by atoms with Gasteiger partial charge in [-0.2, -0.15) is 0 Å². The summed E-state index contributed by atoms with van der Waals surface area (Å²) in [4.78, 5) is 27.3. The van der Waals surface area contributed by atoms with Gasteiger partial charge in [0.25, 0.3) is 0 Å². The average molecular weight is 483 g/mol. The van der Waals surface area contributed by atoms with E-state index < -0.39 is 6.04 Å². The Bertz CT molecular complexity index is 888. The van der Waals surface area contributed by atoms with Crippen LogP contribution in [0.15, 0.2) is 42.5 Å². The summed E-state index contributed by atoms with van der Waals surface area (Å²) in [5.41, 5.74) is 1.68. The van der Waals surface area contributed by atoms with Crippen LogP contribution in [0.5, 0.6) is 5.75 Å². The lowest BCUT2D eigenvalue weighted by molar-refractivity contribution is -0.138. The molecule has 2 aromatic rings. The van der Waals surface area contributed by atoms with Gasteiger partial charge < -0.3 is 15.0 Å². The summed E-state index contributed by atoms with van der Waals surface area (Å²) in [6.07, 6.45) is 0. The fourth-order valence-corrected chi connectivity index (χ4v) is 4.60. The van der Waals surface area contributed by atoms with Gasteiger partial charge in [0.15, 0.2) is 0 Å². The number of rotatable bonds is 10. The van der Waals surface area contributed by atoms with Gasteiger partial charge in [-0.3, -0.25) is 9.59 Å². The molecule has 0 aromatic heterocycles. The van der Waals surface area contributed by atoms with Crippen LogP contribution in [0.3, 0.4) is 0 Å². The molecule has 0 spiro atoms. The first kappa shape index (κ1) is 25.4. The highest BCUT2D eigenvalue weighted by atomic mass is 35.5. The third-order valence-electron chi connectivity index (χ3n) is 4.62. The van der Waals surface area contributed by atoms with Gasteiger partial charge in [-0.25, -0.2) is 0 Å². The molecule has 2 aromatic carbocycles. The topological polar surface area (TPSA) is 58.6 Å². The van der Waals surface area contributed by atoms with Gasteiger partial charge in [0.05, 0.1) is 12.9 Å². The molecule has 5 nitrogen and oxygen atoms in total. The number of halogens is 2. The molecular weight excluding hydrogens is 455 g/mol. The number of methoxy groups -OCH3 is 1. The van der Waals surface area contributed by atoms with Gasteiger partial charge >= 0.3 is 0 Å². The average Bonchev–Trinajstić information content (AvgIpc) is 2.73. The van der Waals surface area contributed by atoms with E-state index in [2.05, 4.69) is 5.32 Å². The Balaban J connectivity index is 2.13. The zero-order valence-corrected chi connectivity index (χ0v) is 20.5. The van der Waals surface area contributed by atoms with Gasteiger partial charge in [0.2, 0.25) is 11.8 Å². The van der Waals surface area contributed by atoms with Crippen molar-refractivity contribution in [1.29, 1.82) is 0 Å². The Morgan fingerprint density at radius 3 is 2.35 bits per heavy atom. The number of nitrogens with one attached hydrogen (secondary N) is 1. The molecule has 0 unspecified atom stereocenters. The van der Waals surface area contributed by atoms with Crippen LogP contribution in [0.2, 0.25) is 10.0 Å². The van der Waals surface area contributed by atoms with Crippen molar-refractivity contribution in [3.8, 4) is 5.75 Å². The second-order valence-corrected chi connectivity index (χ2v) is 9.21. The fraction of sp³-hybridized carbons (Fsp3) is 0.391. The first-order valence-corrected chi connectivity index (χ1v) is 11.9. The predicted molar refractivity (Wildman–Crippen MR) is 129 cm³/mol. The predicted octanol–water partition coefficient (Wildman–Crippen LogP) is 5.18. The molecule has 0 aliphatic rings. The standard InChI is InChI=1S/C23H28Cl2N2O3S/c1-15(2)26-23(29)16(3)27(12-17-7-5-8-18(11-17)30-4)22(28)14-31-13-19-20(24)9-6-10-21(19)25/h5-11,15-16H,12-14H2,1-4H3,(H,26,29)/t16-/m1/s1. The van der Waals surface area contributed by atoms with Crippen LogP contribution in [0, 0.1) is 0 Å². The number of benzene rings is 2. The number of carbonyl (C=O) groups is 2. The van der Waals surface area contributed by atoms with Crippen LogP contribution in [-0.4, -0.2) is 41.7 Å². The maximum atomic E-state index is 13.1. The Morgan fingerprint density at radius 1 is 1.10 bits per heavy atom. The molecule has 2 rings (SSSR count). The first-order chi connectivity index (χ1) is 14.7. The fourth-order valence-electron chi connectivity index (χ4n) is 2.95. The number of amides is 2. The monoisotopic (exact) mass is 482 g/mol. The minimum Gasteiger partial charge on any atom is -0.497 e. The highest BCUT2D eigenvalue weighted by Crippen LogP contribution is 2.28. The van der Waals surface area contributed by atoms with Crippen LogP contribution in [0.1, 0.15) is 31.9 Å². The molecular formula is C23H28Cl2N2O3S. The van der Waals surface area contributed by atoms with E-state index in [0.29, 0.717) is 28.1 Å². The van der Waals surface area contributed by atoms with Crippen molar-refractivity contribution >= 4 is 46.8 Å². The smallest absolute Gasteiger partial charge is 0.242 e. The van der Waals surface area contributed by atoms with Crippen LogP contribution in [0.25, 0.3) is 0 Å². The van der Waals surface area contributed by atoms with Crippen molar-refractivity contribution in [2.75, 3.05) is 12.9 Å². The van der Waals surface area contributed by atoms with Crippen LogP contribution in [0.4, 0.5) is 0 Å². The second kappa shape index (κ2) is 12.2. The maximum absolute atomic E-state index is 13.1. The number of thioether (sulfide) groups is 1. The Morgan fingerprint density at radius 2 is 1.74 bits per heavy atom. The zero-order chi connectivity index (χ0) is 23.0. The zero-order valence-electron chi connectivity index (χ0n) is 18.2. The highest BCUT2D eigenvalue weighted by Gasteiger charge is 2.26. The first-order valence-electron chi connectivity index (χ1n) is 9.96. The molecule has 168 valence electrons. The Labute approximate surface area is 198 Å². The van der Waals surface area contributed by atoms with E-state index in [-0.39, 0.29) is 23.6 Å². The molecule has 0 saturated carbocycles. The van der Waals surface area contributed by atoms with E-state index in [1.165, 1.54) is 11.8 Å². The number of nitrogens with zero attached hydrogens (tertiary/aromatic N) is 1. The molecule has 0 saturated heterocycles. The summed E-state index contributed by atoms with van der Waals surface area (Å²) in [5, 5.41) is 4.03. The third-order valence-corrected chi connectivity index (χ3v) is 6.27. The molecule has 1 atom stereocenters. The summed E-state index contributed by atoms with van der Waals surface area (Å²) in [6, 6.07) is 12.2. The van der Waals surface area contributed by atoms with E-state index in [0.717, 1.165) is 11.1 Å². The molecule has 0 radical (unpaired) electrons. The lowest BCUT2D eigenvalue weighted by Crippen LogP contribution is -2.49. The van der Waals surface area contributed by atoms with Crippen molar-refractivity contribution < 1.29 is 14.3 Å². The van der Waals surface area contributed by atoms with Crippen molar-refractivity contribution in [3.63, 3.8) is 0 Å². The molecule has 1 N–H and O–H groups in total. The van der Waals surface area contributed by atoms with Gasteiger partial charge in [0.1, 0.15) is 11.8 Å². The lowest BCUT2D eigenvalue weighted by atomic mass is 10.1. The molecule has 0 aliphatic heterocycles. The second-order valence-electron chi connectivity index (χ2n) is 7.41. The minimum atomic E-state index is -0.620. The summed E-state index contributed by atoms with van der Waals surface area (Å²) < 4.78 is 5.28. The molecule has 31 heavy (non-hydrogen) atoms. The van der Waals surface area contributed by atoms with Gasteiger partial charge in [-0.05, 0) is 56.2 Å². The van der Waals surface area contributed by atoms with E-state index >= 15 is 0 Å². The van der Waals surface area contributed by atoms with Crippen molar-refractivity contribution in [3.05, 3.63) is 63.6 Å². The van der Waals surface area contributed by atoms with Gasteiger partial charge in [0, 0.05) is 28.4 Å². The molecule has 0 bridgehead atoms. The van der Waals surface area contributed by atoms with Gasteiger partial charge in [-0.15, -0.1) is 11.8 Å². The molecule has 0 fully saturated rings. The van der Waals surface area contributed by atoms with Crippen LogP contribution < -0.4 is 10.1 Å². The minimum absolute atomic E-state index is 0.0135. The largest absolute Gasteiger partial charge is 0.497 e. The number of hydrogen-bond acceptors (Lipinski definition) is 4. The number of carbonyl (C=O) groups excluding carboxylic acids is 2. The third kappa shape index (κ3) is 7.63. The van der Waals surface area contributed by atoms with E-state index in [4.69, 9.17) is 27.9 Å². The van der Waals surface area contributed by atoms with Crippen molar-refractivity contribution in [2.45, 2.75) is 45.2 Å². The number of ether oxygens (including phenoxy) is 1. The van der Waals surface area contributed by atoms with Crippen molar-refractivity contribution in [1.82, 2.24) is 10.2 Å². The normalized spacial score (nSPS) is 11.8. The Hall–Kier alpha value is -1.89. The summed E-state index contributed by atoms with van der Waals surface area (Å²) in [5.74, 6) is 1.08. The molecule has 0 heterocycles. The summed E-state index contributed by atoms with van der Waals surface area (Å²) >= 11 is 13.9. The molecule has 2 amide bonds. The number of hydrogen-bond donors (Lipinski definition) is 1. The lowest BCUT2D eigenvalue weighted by Gasteiger charge is -2.29. The van der Waals surface area contributed by atoms with Crippen molar-refractivity contribution in [2.24, 2.45) is 0 Å². The maximum Gasteiger partial charge on any atom is 0.242 e. The van der Waals surface area contributed by atoms with Gasteiger partial charge in [-0.1, -0.05) is 41.4 Å². The highest BCUT2D eigenvalue weighted by molar-refractivity contribution is 7.99. The van der Waals surface area contributed by atoms with Crippen LogP contribution in [-0.2, 0) is 21.9 Å². The molecule has 0 aliphatic carbocycles.